The highest BCUT2D eigenvalue weighted by atomic mass is 35.5. The molecule has 1 N–H and O–H groups in total. The van der Waals surface area contributed by atoms with Gasteiger partial charge in [0.15, 0.2) is 0 Å². The predicted molar refractivity (Wildman–Crippen MR) is 68.7 cm³/mol. The van der Waals surface area contributed by atoms with E-state index in [0.717, 1.165) is 5.56 Å². The van der Waals surface area contributed by atoms with E-state index in [9.17, 15) is 9.90 Å². The molecule has 0 aliphatic rings. The Bertz CT molecular complexity index is 566. The lowest BCUT2D eigenvalue weighted by Gasteiger charge is -2.13. The molecule has 4 nitrogen and oxygen atoms in total. The number of nitrogens with zero attached hydrogens (tertiary/aromatic N) is 2. The van der Waals surface area contributed by atoms with Crippen LogP contribution in [0.25, 0.3) is 0 Å². The summed E-state index contributed by atoms with van der Waals surface area (Å²) < 4.78 is 1.65. The molecule has 2 aromatic rings. The average molecular weight is 265 g/mol. The molecule has 0 saturated heterocycles. The van der Waals surface area contributed by atoms with E-state index < -0.39 is 11.9 Å². The normalized spacial score (nSPS) is 12.3. The second-order valence-corrected chi connectivity index (χ2v) is 4.55. The van der Waals surface area contributed by atoms with Gasteiger partial charge in [-0.1, -0.05) is 29.8 Å². The number of rotatable bonds is 4. The van der Waals surface area contributed by atoms with E-state index in [1.54, 1.807) is 42.2 Å². The highest BCUT2D eigenvalue weighted by Crippen LogP contribution is 2.27. The van der Waals surface area contributed by atoms with Crippen molar-refractivity contribution in [2.45, 2.75) is 12.3 Å². The molecule has 18 heavy (non-hydrogen) atoms. The van der Waals surface area contributed by atoms with Gasteiger partial charge in [0.05, 0.1) is 12.1 Å². The first-order chi connectivity index (χ1) is 8.58. The second kappa shape index (κ2) is 5.23. The predicted octanol–water partition coefficient (Wildman–Crippen LogP) is 2.48. The lowest BCUT2D eigenvalue weighted by molar-refractivity contribution is -0.138. The fraction of sp³-hybridized carbons (Fsp3) is 0.231. The van der Waals surface area contributed by atoms with Crippen LogP contribution < -0.4 is 0 Å². The zero-order chi connectivity index (χ0) is 13.1. The Hall–Kier alpha value is -1.81. The molecule has 0 bridgehead atoms. The van der Waals surface area contributed by atoms with E-state index in [-0.39, 0.29) is 0 Å². The quantitative estimate of drug-likeness (QED) is 0.923. The molecule has 0 saturated carbocycles. The summed E-state index contributed by atoms with van der Waals surface area (Å²) >= 11 is 6.05. The molecule has 1 atom stereocenters. The number of aromatic nitrogens is 2. The first-order valence-corrected chi connectivity index (χ1v) is 5.90. The molecule has 1 aromatic heterocycles. The lowest BCUT2D eigenvalue weighted by Crippen LogP contribution is -2.14. The molecule has 0 fully saturated rings. The van der Waals surface area contributed by atoms with E-state index in [1.807, 2.05) is 6.20 Å². The Kier molecular flexibility index (Phi) is 3.67. The molecule has 5 heteroatoms. The van der Waals surface area contributed by atoms with Crippen LogP contribution in [-0.2, 0) is 18.3 Å². The van der Waals surface area contributed by atoms with Gasteiger partial charge in [-0.15, -0.1) is 0 Å². The summed E-state index contributed by atoms with van der Waals surface area (Å²) in [6.45, 7) is 0. The second-order valence-electron chi connectivity index (χ2n) is 4.14. The van der Waals surface area contributed by atoms with Crippen LogP contribution in [-0.4, -0.2) is 20.9 Å². The highest BCUT2D eigenvalue weighted by molar-refractivity contribution is 6.31. The van der Waals surface area contributed by atoms with Crippen LogP contribution in [0.2, 0.25) is 5.02 Å². The van der Waals surface area contributed by atoms with Crippen LogP contribution in [0.4, 0.5) is 0 Å². The monoisotopic (exact) mass is 264 g/mol. The molecule has 1 aromatic carbocycles. The minimum absolute atomic E-state index is 0.382. The largest absolute Gasteiger partial charge is 0.481 e. The zero-order valence-corrected chi connectivity index (χ0v) is 10.6. The maximum absolute atomic E-state index is 11.4. The number of halogens is 1. The van der Waals surface area contributed by atoms with Crippen molar-refractivity contribution in [3.05, 3.63) is 52.8 Å². The Morgan fingerprint density at radius 2 is 2.22 bits per heavy atom. The number of aliphatic carboxylic acids is 1. The Balaban J connectivity index is 2.30. The van der Waals surface area contributed by atoms with E-state index in [4.69, 9.17) is 11.6 Å². The molecular weight excluding hydrogens is 252 g/mol. The number of hydrogen-bond donors (Lipinski definition) is 1. The van der Waals surface area contributed by atoms with Crippen molar-refractivity contribution in [1.29, 1.82) is 0 Å². The van der Waals surface area contributed by atoms with Gasteiger partial charge in [0, 0.05) is 18.3 Å². The molecule has 94 valence electrons. The van der Waals surface area contributed by atoms with Crippen molar-refractivity contribution in [3.8, 4) is 0 Å². The van der Waals surface area contributed by atoms with Crippen LogP contribution >= 0.6 is 11.6 Å². The first-order valence-electron chi connectivity index (χ1n) is 5.52. The molecule has 0 aliphatic carbocycles. The fourth-order valence-corrected chi connectivity index (χ4v) is 2.17. The van der Waals surface area contributed by atoms with Gasteiger partial charge < -0.3 is 5.11 Å². The summed E-state index contributed by atoms with van der Waals surface area (Å²) in [7, 11) is 1.80. The van der Waals surface area contributed by atoms with Gasteiger partial charge in [-0.2, -0.15) is 5.10 Å². The third-order valence-electron chi connectivity index (χ3n) is 2.78. The zero-order valence-electron chi connectivity index (χ0n) is 9.88. The number of aryl methyl sites for hydroxylation is 1. The highest BCUT2D eigenvalue weighted by Gasteiger charge is 2.22. The van der Waals surface area contributed by atoms with Crippen molar-refractivity contribution in [3.63, 3.8) is 0 Å². The maximum atomic E-state index is 11.4. The van der Waals surface area contributed by atoms with Crippen LogP contribution in [0.15, 0.2) is 36.7 Å². The molecule has 1 heterocycles. The van der Waals surface area contributed by atoms with Crippen molar-refractivity contribution in [2.75, 3.05) is 0 Å². The van der Waals surface area contributed by atoms with Gasteiger partial charge in [0.25, 0.3) is 0 Å². The van der Waals surface area contributed by atoms with Crippen molar-refractivity contribution >= 4 is 17.6 Å². The van der Waals surface area contributed by atoms with Gasteiger partial charge in [0.2, 0.25) is 0 Å². The van der Waals surface area contributed by atoms with Crippen LogP contribution in [0.3, 0.4) is 0 Å². The summed E-state index contributed by atoms with van der Waals surface area (Å²) in [6, 6.07) is 7.03. The van der Waals surface area contributed by atoms with Crippen LogP contribution in [0.1, 0.15) is 17.0 Å². The molecule has 0 amide bonds. The number of hydrogen-bond acceptors (Lipinski definition) is 2. The molecule has 0 aliphatic heterocycles. The third-order valence-corrected chi connectivity index (χ3v) is 3.12. The fourth-order valence-electron chi connectivity index (χ4n) is 1.90. The van der Waals surface area contributed by atoms with Gasteiger partial charge in [-0.3, -0.25) is 9.48 Å². The first kappa shape index (κ1) is 12.6. The molecule has 2 rings (SSSR count). The standard InChI is InChI=1S/C13H13ClN2O2/c1-16-8-9(7-15-16)6-11(13(17)18)10-4-2-3-5-12(10)14/h2-5,7-8,11H,6H2,1H3,(H,17,18). The SMILES string of the molecule is Cn1cc(CC(C(=O)O)c2ccccc2Cl)cn1. The Morgan fingerprint density at radius 3 is 2.78 bits per heavy atom. The maximum Gasteiger partial charge on any atom is 0.311 e. The third kappa shape index (κ3) is 2.71. The number of carboxylic acid groups (broad SMARTS) is 1. The van der Waals surface area contributed by atoms with Crippen LogP contribution in [0.5, 0.6) is 0 Å². The lowest BCUT2D eigenvalue weighted by atomic mass is 9.93. The van der Waals surface area contributed by atoms with E-state index in [0.29, 0.717) is 17.0 Å². The van der Waals surface area contributed by atoms with E-state index >= 15 is 0 Å². The molecule has 1 unspecified atom stereocenters. The van der Waals surface area contributed by atoms with E-state index in [2.05, 4.69) is 5.10 Å². The van der Waals surface area contributed by atoms with Gasteiger partial charge in [-0.05, 0) is 23.6 Å². The minimum Gasteiger partial charge on any atom is -0.481 e. The van der Waals surface area contributed by atoms with Crippen molar-refractivity contribution in [1.82, 2.24) is 9.78 Å². The summed E-state index contributed by atoms with van der Waals surface area (Å²) in [6.07, 6.45) is 3.87. The number of benzene rings is 1. The summed E-state index contributed by atoms with van der Waals surface area (Å²) in [5.74, 6) is -1.53. The number of carbonyl (C=O) groups is 1. The topological polar surface area (TPSA) is 55.1 Å². The van der Waals surface area contributed by atoms with E-state index in [1.165, 1.54) is 0 Å². The Labute approximate surface area is 110 Å². The molecule has 0 spiro atoms. The molecular formula is C13H13ClN2O2. The van der Waals surface area contributed by atoms with Gasteiger partial charge in [-0.25, -0.2) is 0 Å². The van der Waals surface area contributed by atoms with Crippen molar-refractivity contribution < 1.29 is 9.90 Å². The molecule has 0 radical (unpaired) electrons. The Morgan fingerprint density at radius 1 is 1.50 bits per heavy atom. The van der Waals surface area contributed by atoms with Gasteiger partial charge >= 0.3 is 5.97 Å². The van der Waals surface area contributed by atoms with Crippen LogP contribution in [0, 0.1) is 0 Å². The van der Waals surface area contributed by atoms with Crippen molar-refractivity contribution in [2.24, 2.45) is 7.05 Å². The summed E-state index contributed by atoms with van der Waals surface area (Å²) in [4.78, 5) is 11.4. The average Bonchev–Trinajstić information content (AvgIpc) is 2.73. The number of carboxylic acids is 1. The summed E-state index contributed by atoms with van der Waals surface area (Å²) in [5.41, 5.74) is 1.51. The summed E-state index contributed by atoms with van der Waals surface area (Å²) in [5, 5.41) is 13.8. The minimum atomic E-state index is -0.882. The smallest absolute Gasteiger partial charge is 0.311 e. The van der Waals surface area contributed by atoms with Gasteiger partial charge in [0.1, 0.15) is 0 Å².